The van der Waals surface area contributed by atoms with E-state index in [2.05, 4.69) is 16.7 Å². The third kappa shape index (κ3) is 3.86. The summed E-state index contributed by atoms with van der Waals surface area (Å²) in [6.07, 6.45) is 0. The maximum atomic E-state index is 11.8. The normalized spacial score (nSPS) is 15.2. The second-order valence-electron chi connectivity index (χ2n) is 4.78. The van der Waals surface area contributed by atoms with Crippen molar-refractivity contribution in [2.45, 2.75) is 13.8 Å². The number of rotatable bonds is 3. The Morgan fingerprint density at radius 1 is 1.37 bits per heavy atom. The number of aryl methyl sites for hydroxylation is 2. The Morgan fingerprint density at radius 2 is 2.11 bits per heavy atom. The number of carbonyl (C=O) groups excluding carboxylic acids is 1. The van der Waals surface area contributed by atoms with Crippen LogP contribution < -0.4 is 15.4 Å². The highest BCUT2D eigenvalue weighted by Crippen LogP contribution is 2.18. The van der Waals surface area contributed by atoms with Gasteiger partial charge in [0, 0.05) is 26.2 Å². The zero-order valence-electron chi connectivity index (χ0n) is 11.5. The standard InChI is InChI=1S/C14H21N3O2/c1-11-3-4-13(12(2)9-11)19-10-16-14(18)17-7-5-15-6-8-17/h3-4,9,15H,5-8,10H2,1-2H3,(H,16,18). The van der Waals surface area contributed by atoms with Crippen molar-refractivity contribution in [1.82, 2.24) is 15.5 Å². The molecule has 5 nitrogen and oxygen atoms in total. The van der Waals surface area contributed by atoms with Crippen LogP contribution in [0.2, 0.25) is 0 Å². The first kappa shape index (κ1) is 13.7. The van der Waals surface area contributed by atoms with Crippen molar-refractivity contribution in [3.8, 4) is 5.75 Å². The molecule has 2 N–H and O–H groups in total. The highest BCUT2D eigenvalue weighted by Gasteiger charge is 2.15. The Kier molecular flexibility index (Phi) is 4.63. The van der Waals surface area contributed by atoms with E-state index in [9.17, 15) is 4.79 Å². The zero-order chi connectivity index (χ0) is 13.7. The monoisotopic (exact) mass is 263 g/mol. The van der Waals surface area contributed by atoms with Gasteiger partial charge in [-0.15, -0.1) is 0 Å². The summed E-state index contributed by atoms with van der Waals surface area (Å²) in [7, 11) is 0. The molecule has 1 heterocycles. The van der Waals surface area contributed by atoms with E-state index in [0.717, 1.165) is 37.5 Å². The third-order valence-corrected chi connectivity index (χ3v) is 3.19. The molecule has 1 saturated heterocycles. The summed E-state index contributed by atoms with van der Waals surface area (Å²) in [6.45, 7) is 7.44. The summed E-state index contributed by atoms with van der Waals surface area (Å²) >= 11 is 0. The lowest BCUT2D eigenvalue weighted by atomic mass is 10.1. The van der Waals surface area contributed by atoms with Crippen LogP contribution in [0.5, 0.6) is 5.75 Å². The molecule has 5 heteroatoms. The first-order valence-electron chi connectivity index (χ1n) is 6.60. The number of amides is 2. The zero-order valence-corrected chi connectivity index (χ0v) is 11.5. The fraction of sp³-hybridized carbons (Fsp3) is 0.500. The van der Waals surface area contributed by atoms with Crippen molar-refractivity contribution in [3.63, 3.8) is 0 Å². The summed E-state index contributed by atoms with van der Waals surface area (Å²) in [5, 5.41) is 5.99. The van der Waals surface area contributed by atoms with Gasteiger partial charge in [0.2, 0.25) is 0 Å². The highest BCUT2D eigenvalue weighted by atomic mass is 16.5. The van der Waals surface area contributed by atoms with E-state index >= 15 is 0 Å². The van der Waals surface area contributed by atoms with Gasteiger partial charge in [0.15, 0.2) is 6.73 Å². The Morgan fingerprint density at radius 3 is 2.79 bits per heavy atom. The number of hydrogen-bond acceptors (Lipinski definition) is 3. The highest BCUT2D eigenvalue weighted by molar-refractivity contribution is 5.74. The molecule has 1 aliphatic heterocycles. The van der Waals surface area contributed by atoms with Crippen molar-refractivity contribution in [2.24, 2.45) is 0 Å². The molecule has 1 fully saturated rings. The molecule has 0 spiro atoms. The number of benzene rings is 1. The number of urea groups is 1. The molecular weight excluding hydrogens is 242 g/mol. The van der Waals surface area contributed by atoms with Gasteiger partial charge in [0.05, 0.1) is 0 Å². The van der Waals surface area contributed by atoms with Crippen molar-refractivity contribution >= 4 is 6.03 Å². The number of carbonyl (C=O) groups is 1. The molecule has 0 aromatic heterocycles. The summed E-state index contributed by atoms with van der Waals surface area (Å²) < 4.78 is 5.58. The molecule has 1 aliphatic rings. The van der Waals surface area contributed by atoms with Crippen molar-refractivity contribution < 1.29 is 9.53 Å². The van der Waals surface area contributed by atoms with Gasteiger partial charge in [-0.1, -0.05) is 17.7 Å². The molecule has 0 radical (unpaired) electrons. The van der Waals surface area contributed by atoms with Gasteiger partial charge < -0.3 is 20.3 Å². The Balaban J connectivity index is 1.78. The average molecular weight is 263 g/mol. The summed E-state index contributed by atoms with van der Waals surface area (Å²) in [6, 6.07) is 5.93. The molecule has 19 heavy (non-hydrogen) atoms. The first-order valence-corrected chi connectivity index (χ1v) is 6.60. The van der Waals surface area contributed by atoms with Gasteiger partial charge in [-0.3, -0.25) is 0 Å². The number of nitrogens with zero attached hydrogens (tertiary/aromatic N) is 1. The fourth-order valence-corrected chi connectivity index (χ4v) is 2.12. The Bertz CT molecular complexity index is 442. The van der Waals surface area contributed by atoms with Crippen LogP contribution in [0.4, 0.5) is 4.79 Å². The first-order chi connectivity index (χ1) is 9.16. The van der Waals surface area contributed by atoms with E-state index in [1.165, 1.54) is 5.56 Å². The van der Waals surface area contributed by atoms with E-state index in [1.807, 2.05) is 26.0 Å². The topological polar surface area (TPSA) is 53.6 Å². The third-order valence-electron chi connectivity index (χ3n) is 3.19. The SMILES string of the molecule is Cc1ccc(OCNC(=O)N2CCNCC2)c(C)c1. The number of nitrogens with one attached hydrogen (secondary N) is 2. The number of hydrogen-bond donors (Lipinski definition) is 2. The van der Waals surface area contributed by atoms with Crippen LogP contribution in [0.25, 0.3) is 0 Å². The second kappa shape index (κ2) is 6.43. The molecule has 0 atom stereocenters. The van der Waals surface area contributed by atoms with Crippen molar-refractivity contribution in [1.29, 1.82) is 0 Å². The van der Waals surface area contributed by atoms with Gasteiger partial charge >= 0.3 is 6.03 Å². The van der Waals surface area contributed by atoms with Gasteiger partial charge in [-0.2, -0.15) is 0 Å². The van der Waals surface area contributed by atoms with Crippen LogP contribution in [-0.2, 0) is 0 Å². The lowest BCUT2D eigenvalue weighted by Gasteiger charge is -2.27. The lowest BCUT2D eigenvalue weighted by molar-refractivity contribution is 0.177. The molecule has 1 aromatic carbocycles. The maximum absolute atomic E-state index is 11.8. The van der Waals surface area contributed by atoms with E-state index in [1.54, 1.807) is 4.90 Å². The molecule has 0 saturated carbocycles. The van der Waals surface area contributed by atoms with Crippen molar-refractivity contribution in [2.75, 3.05) is 32.9 Å². The van der Waals surface area contributed by atoms with Gasteiger partial charge in [0.25, 0.3) is 0 Å². The van der Waals surface area contributed by atoms with Gasteiger partial charge in [-0.05, 0) is 25.5 Å². The summed E-state index contributed by atoms with van der Waals surface area (Å²) in [5.74, 6) is 0.811. The average Bonchev–Trinajstić information content (AvgIpc) is 2.42. The van der Waals surface area contributed by atoms with Gasteiger partial charge in [-0.25, -0.2) is 4.79 Å². The molecule has 2 amide bonds. The Hall–Kier alpha value is -1.75. The smallest absolute Gasteiger partial charge is 0.320 e. The largest absolute Gasteiger partial charge is 0.473 e. The Labute approximate surface area is 113 Å². The minimum Gasteiger partial charge on any atom is -0.473 e. The predicted molar refractivity (Wildman–Crippen MR) is 74.4 cm³/mol. The molecule has 1 aromatic rings. The van der Waals surface area contributed by atoms with Crippen LogP contribution in [0.1, 0.15) is 11.1 Å². The van der Waals surface area contributed by atoms with Gasteiger partial charge in [0.1, 0.15) is 5.75 Å². The van der Waals surface area contributed by atoms with E-state index in [-0.39, 0.29) is 12.8 Å². The summed E-state index contributed by atoms with van der Waals surface area (Å²) in [4.78, 5) is 13.6. The van der Waals surface area contributed by atoms with Crippen LogP contribution in [-0.4, -0.2) is 43.8 Å². The molecule has 2 rings (SSSR count). The van der Waals surface area contributed by atoms with Crippen molar-refractivity contribution in [3.05, 3.63) is 29.3 Å². The number of piperazine rings is 1. The minimum atomic E-state index is -0.0636. The maximum Gasteiger partial charge on any atom is 0.320 e. The summed E-state index contributed by atoms with van der Waals surface area (Å²) in [5.41, 5.74) is 2.28. The van der Waals surface area contributed by atoms with Crippen LogP contribution >= 0.6 is 0 Å². The molecule has 0 bridgehead atoms. The molecular formula is C14H21N3O2. The molecule has 104 valence electrons. The quantitative estimate of drug-likeness (QED) is 0.807. The van der Waals surface area contributed by atoms with Crippen LogP contribution in [0.15, 0.2) is 18.2 Å². The number of ether oxygens (including phenoxy) is 1. The fourth-order valence-electron chi connectivity index (χ4n) is 2.12. The van der Waals surface area contributed by atoms with E-state index in [0.29, 0.717) is 0 Å². The minimum absolute atomic E-state index is 0.0636. The molecule has 0 aliphatic carbocycles. The second-order valence-corrected chi connectivity index (χ2v) is 4.78. The molecule has 0 unspecified atom stereocenters. The van der Waals surface area contributed by atoms with E-state index < -0.39 is 0 Å². The lowest BCUT2D eigenvalue weighted by Crippen LogP contribution is -2.50. The van der Waals surface area contributed by atoms with Crippen LogP contribution in [0.3, 0.4) is 0 Å². The van der Waals surface area contributed by atoms with Crippen LogP contribution in [0, 0.1) is 13.8 Å². The van der Waals surface area contributed by atoms with E-state index in [4.69, 9.17) is 4.74 Å². The predicted octanol–water partition coefficient (Wildman–Crippen LogP) is 1.25.